The van der Waals surface area contributed by atoms with E-state index in [4.69, 9.17) is 51.1 Å². The third-order valence-electron chi connectivity index (χ3n) is 14.9. The molecule has 472 valence electrons. The summed E-state index contributed by atoms with van der Waals surface area (Å²) < 4.78 is 0. The summed E-state index contributed by atoms with van der Waals surface area (Å²) in [5, 5.41) is 85.5. The van der Waals surface area contributed by atoms with E-state index in [0.717, 1.165) is 56.3 Å². The van der Waals surface area contributed by atoms with Crippen molar-refractivity contribution in [2.75, 3.05) is 46.2 Å². The van der Waals surface area contributed by atoms with Crippen LogP contribution in [0.15, 0.2) is 0 Å². The van der Waals surface area contributed by atoms with Crippen LogP contribution in [0.4, 0.5) is 0 Å². The van der Waals surface area contributed by atoms with Crippen molar-refractivity contribution in [3.63, 3.8) is 0 Å². The second-order valence-electron chi connectivity index (χ2n) is 24.2. The van der Waals surface area contributed by atoms with E-state index < -0.39 is 55.2 Å². The molecule has 10 N–H and O–H groups in total. The molecule has 0 spiro atoms. The van der Waals surface area contributed by atoms with Gasteiger partial charge in [-0.05, 0) is 43.4 Å². The van der Waals surface area contributed by atoms with Gasteiger partial charge in [0, 0.05) is 24.7 Å². The minimum atomic E-state index is -1.11. The van der Waals surface area contributed by atoms with Crippen molar-refractivity contribution in [2.24, 2.45) is 28.6 Å². The first-order valence-corrected chi connectivity index (χ1v) is 32.3. The first kappa shape index (κ1) is 84.9. The van der Waals surface area contributed by atoms with Crippen LogP contribution in [0.5, 0.6) is 0 Å². The summed E-state index contributed by atoms with van der Waals surface area (Å²) in [6.45, 7) is 13.6. The molecule has 0 aromatic rings. The lowest BCUT2D eigenvalue weighted by atomic mass is 9.88. The number of hydrogen-bond acceptors (Lipinski definition) is 10. The molecule has 0 rings (SSSR count). The second kappa shape index (κ2) is 67.6. The summed E-state index contributed by atoms with van der Waals surface area (Å²) in [7, 11) is 0. The fraction of sp³-hybridized carbons (Fsp3) is 0.954. The zero-order valence-electron chi connectivity index (χ0n) is 52.3. The Morgan fingerprint density at radius 3 is 0.487 bits per heavy atom. The maximum absolute atomic E-state index is 10.3. The summed E-state index contributed by atoms with van der Waals surface area (Å²) in [6, 6.07) is 0. The molecule has 0 heterocycles. The van der Waals surface area contributed by atoms with Gasteiger partial charge >= 0.3 is 17.9 Å². The van der Waals surface area contributed by atoms with Gasteiger partial charge in [-0.1, -0.05) is 280 Å². The molecular formula is C65H134O13. The predicted molar refractivity (Wildman–Crippen MR) is 326 cm³/mol. The van der Waals surface area contributed by atoms with Crippen LogP contribution in [0.1, 0.15) is 325 Å². The highest BCUT2D eigenvalue weighted by molar-refractivity contribution is 5.67. The fourth-order valence-corrected chi connectivity index (χ4v) is 8.58. The van der Waals surface area contributed by atoms with Crippen molar-refractivity contribution < 1.29 is 65.4 Å². The largest absolute Gasteiger partial charge is 0.481 e. The number of hydrogen-bond donors (Lipinski definition) is 10. The summed E-state index contributed by atoms with van der Waals surface area (Å²) in [4.78, 5) is 31.0. The molecule has 0 aromatic carbocycles. The third kappa shape index (κ3) is 74.1. The normalized spacial score (nSPS) is 11.3. The van der Waals surface area contributed by atoms with Crippen LogP contribution in [-0.2, 0) is 14.4 Å². The van der Waals surface area contributed by atoms with Gasteiger partial charge in [-0.3, -0.25) is 14.4 Å². The number of aliphatic hydroxyl groups is 7. The number of aliphatic carboxylic acids is 3. The van der Waals surface area contributed by atoms with Crippen LogP contribution in [0, 0.1) is 28.6 Å². The molecule has 13 heteroatoms. The monoisotopic (exact) mass is 1120 g/mol. The van der Waals surface area contributed by atoms with Crippen molar-refractivity contribution in [2.45, 2.75) is 325 Å². The lowest BCUT2D eigenvalue weighted by Crippen LogP contribution is -2.37. The Bertz CT molecular complexity index is 1010. The van der Waals surface area contributed by atoms with Crippen LogP contribution in [-0.4, -0.2) is 115 Å². The molecule has 0 saturated carbocycles. The first-order valence-electron chi connectivity index (χ1n) is 32.3. The average Bonchev–Trinajstić information content (AvgIpc) is 3.41. The van der Waals surface area contributed by atoms with Gasteiger partial charge in [0.2, 0.25) is 0 Å². The summed E-state index contributed by atoms with van der Waals surface area (Å²) in [5.41, 5.74) is -1.78. The summed E-state index contributed by atoms with van der Waals surface area (Å²) in [6.07, 6.45) is 52.6. The number of carboxylic acid groups (broad SMARTS) is 3. The Morgan fingerprint density at radius 2 is 0.397 bits per heavy atom. The molecule has 0 aliphatic rings. The lowest BCUT2D eigenvalue weighted by Gasteiger charge is -2.24. The molecule has 0 fully saturated rings. The number of carboxylic acids is 3. The Kier molecular flexibility index (Phi) is 73.6. The van der Waals surface area contributed by atoms with Crippen LogP contribution >= 0.6 is 0 Å². The van der Waals surface area contributed by atoms with E-state index >= 15 is 0 Å². The Balaban J connectivity index is -0.000000296. The van der Waals surface area contributed by atoms with Crippen LogP contribution in [0.3, 0.4) is 0 Å². The molecule has 0 amide bonds. The molecule has 0 radical (unpaired) electrons. The van der Waals surface area contributed by atoms with E-state index in [1.165, 1.54) is 212 Å². The molecule has 0 saturated heterocycles. The molecule has 0 aliphatic carbocycles. The molecule has 13 nitrogen and oxygen atoms in total. The van der Waals surface area contributed by atoms with Crippen LogP contribution in [0.2, 0.25) is 0 Å². The van der Waals surface area contributed by atoms with E-state index in [2.05, 4.69) is 41.5 Å². The Morgan fingerprint density at radius 1 is 0.256 bits per heavy atom. The summed E-state index contributed by atoms with van der Waals surface area (Å²) >= 11 is 0. The van der Waals surface area contributed by atoms with Gasteiger partial charge < -0.3 is 51.1 Å². The minimum Gasteiger partial charge on any atom is -0.481 e. The Hall–Kier alpha value is -1.87. The van der Waals surface area contributed by atoms with Gasteiger partial charge in [0.15, 0.2) is 0 Å². The predicted octanol–water partition coefficient (Wildman–Crippen LogP) is 15.9. The summed E-state index contributed by atoms with van der Waals surface area (Å²) in [5.74, 6) is 0.636. The van der Waals surface area contributed by atoms with E-state index in [1.54, 1.807) is 0 Å². The van der Waals surface area contributed by atoms with Crippen LogP contribution in [0.25, 0.3) is 0 Å². The zero-order chi connectivity index (χ0) is 59.8. The number of rotatable bonds is 53. The van der Waals surface area contributed by atoms with Gasteiger partial charge in [0.25, 0.3) is 0 Å². The van der Waals surface area contributed by atoms with E-state index in [1.807, 2.05) is 6.92 Å². The molecule has 0 unspecified atom stereocenters. The van der Waals surface area contributed by atoms with Crippen molar-refractivity contribution in [1.82, 2.24) is 0 Å². The SMILES string of the molecule is CC(C)CCCCCCCCCCCCCCC(=O)O.CC(C)CCCCCCCCCCCCCCC(=O)O.CC(C)CCCCCCCCCCCCCCC(=O)O.CCC(CO)(CO)CO.OCC(CO)(CO)CO. The highest BCUT2D eigenvalue weighted by atomic mass is 16.4. The quantitative estimate of drug-likeness (QED) is 0.0255. The highest BCUT2D eigenvalue weighted by Gasteiger charge is 2.26. The van der Waals surface area contributed by atoms with Gasteiger partial charge in [-0.25, -0.2) is 0 Å². The van der Waals surface area contributed by atoms with Crippen molar-refractivity contribution in [1.29, 1.82) is 0 Å². The smallest absolute Gasteiger partial charge is 0.303 e. The topological polar surface area (TPSA) is 254 Å². The highest BCUT2D eigenvalue weighted by Crippen LogP contribution is 2.20. The molecule has 0 bridgehead atoms. The Labute approximate surface area is 481 Å². The maximum atomic E-state index is 10.3. The first-order chi connectivity index (χ1) is 37.4. The van der Waals surface area contributed by atoms with Gasteiger partial charge in [-0.2, -0.15) is 0 Å². The van der Waals surface area contributed by atoms with Crippen LogP contribution < -0.4 is 0 Å². The molecular weight excluding hydrogens is 989 g/mol. The fourth-order valence-electron chi connectivity index (χ4n) is 8.58. The van der Waals surface area contributed by atoms with Gasteiger partial charge in [0.05, 0.1) is 51.7 Å². The standard InChI is InChI=1S/3C18H36O2.C6H14O3.C5H12O4/c3*1-17(2)15-13-11-9-7-5-3-4-6-8-10-12-14-16-18(19)20;1-2-6(3-7,4-8)5-9;6-1-5(2-7,3-8)4-9/h3*17H,3-16H2,1-2H3,(H,19,20);7-9H,2-5H2,1H3;6-9H,1-4H2. The van der Waals surface area contributed by atoms with Gasteiger partial charge in [0.1, 0.15) is 0 Å². The van der Waals surface area contributed by atoms with Crippen molar-refractivity contribution in [3.05, 3.63) is 0 Å². The van der Waals surface area contributed by atoms with Crippen molar-refractivity contribution in [3.8, 4) is 0 Å². The zero-order valence-corrected chi connectivity index (χ0v) is 52.3. The van der Waals surface area contributed by atoms with Gasteiger partial charge in [-0.15, -0.1) is 0 Å². The maximum Gasteiger partial charge on any atom is 0.303 e. The number of aliphatic hydroxyl groups excluding tert-OH is 7. The molecule has 78 heavy (non-hydrogen) atoms. The van der Waals surface area contributed by atoms with E-state index in [0.29, 0.717) is 25.7 Å². The average molecular weight is 1120 g/mol. The minimum absolute atomic E-state index is 0.156. The number of carbonyl (C=O) groups is 3. The van der Waals surface area contributed by atoms with Crippen molar-refractivity contribution >= 4 is 17.9 Å². The van der Waals surface area contributed by atoms with E-state index in [-0.39, 0.29) is 19.8 Å². The third-order valence-corrected chi connectivity index (χ3v) is 14.9. The second-order valence-corrected chi connectivity index (χ2v) is 24.2. The molecule has 0 atom stereocenters. The van der Waals surface area contributed by atoms with E-state index in [9.17, 15) is 14.4 Å². The lowest BCUT2D eigenvalue weighted by molar-refractivity contribution is -0.138. The molecule has 0 aliphatic heterocycles. The number of unbranched alkanes of at least 4 members (excludes halogenated alkanes) is 33. The molecule has 0 aromatic heterocycles.